The average Bonchev–Trinajstić information content (AvgIpc) is 4.16. The van der Waals surface area contributed by atoms with Crippen LogP contribution in [0.2, 0.25) is 0 Å². The van der Waals surface area contributed by atoms with Gasteiger partial charge in [-0.25, -0.2) is 4.98 Å². The van der Waals surface area contributed by atoms with Crippen molar-refractivity contribution in [2.45, 2.75) is 13.8 Å². The van der Waals surface area contributed by atoms with Crippen LogP contribution in [-0.2, 0) is 20.1 Å². The molecule has 0 bridgehead atoms. The van der Waals surface area contributed by atoms with Gasteiger partial charge in [-0.15, -0.1) is 35.4 Å². The Bertz CT molecular complexity index is 4360. The normalized spacial score (nSPS) is 11.1. The zero-order chi connectivity index (χ0) is 51.0. The van der Waals surface area contributed by atoms with Gasteiger partial charge in [0.2, 0.25) is 5.95 Å². The molecule has 14 aromatic rings. The van der Waals surface area contributed by atoms with Crippen molar-refractivity contribution >= 4 is 43.6 Å². The number of benzene rings is 10. The van der Waals surface area contributed by atoms with E-state index in [2.05, 4.69) is 228 Å². The molecule has 0 aliphatic carbocycles. The van der Waals surface area contributed by atoms with Gasteiger partial charge in [0.15, 0.2) is 11.6 Å². The van der Waals surface area contributed by atoms with Crippen LogP contribution in [0.5, 0.6) is 0 Å². The molecule has 6 nitrogen and oxygen atoms in total. The fourth-order valence-corrected chi connectivity index (χ4v) is 10.6. The third kappa shape index (κ3) is 9.33. The number of nitrogens with zero attached hydrogens (tertiary/aromatic N) is 6. The van der Waals surface area contributed by atoms with Crippen LogP contribution in [0.15, 0.2) is 261 Å². The predicted molar refractivity (Wildman–Crippen MR) is 314 cm³/mol. The molecule has 0 amide bonds. The van der Waals surface area contributed by atoms with Crippen LogP contribution in [-0.4, -0.2) is 29.1 Å². The molecule has 0 fully saturated rings. The minimum Gasteiger partial charge on any atom is -0.307 e. The summed E-state index contributed by atoms with van der Waals surface area (Å²) in [5.41, 5.74) is 19.0. The molecule has 4 aromatic heterocycles. The van der Waals surface area contributed by atoms with Gasteiger partial charge in [0.1, 0.15) is 0 Å². The number of hydrogen-bond donors (Lipinski definition) is 0. The van der Waals surface area contributed by atoms with Crippen molar-refractivity contribution in [3.05, 3.63) is 278 Å². The summed E-state index contributed by atoms with van der Waals surface area (Å²) in [5, 5.41) is 4.61. The molecular formula is C70H49IrN6-. The maximum Gasteiger partial charge on any atom is 0.238 e. The van der Waals surface area contributed by atoms with Crippen LogP contribution in [0.3, 0.4) is 0 Å². The van der Waals surface area contributed by atoms with Crippen molar-refractivity contribution in [3.8, 4) is 79.0 Å². The van der Waals surface area contributed by atoms with Gasteiger partial charge >= 0.3 is 0 Å². The molecule has 10 aromatic carbocycles. The number of hydrogen-bond acceptors (Lipinski definition) is 4. The molecule has 369 valence electrons. The van der Waals surface area contributed by atoms with E-state index < -0.39 is 0 Å². The Morgan fingerprint density at radius 1 is 0.377 bits per heavy atom. The zero-order valence-corrected chi connectivity index (χ0v) is 44.7. The minimum absolute atomic E-state index is 0. The summed E-state index contributed by atoms with van der Waals surface area (Å²) >= 11 is 0. The first-order chi connectivity index (χ1) is 37.5. The van der Waals surface area contributed by atoms with Crippen LogP contribution < -0.4 is 0 Å². The predicted octanol–water partition coefficient (Wildman–Crippen LogP) is 17.6. The van der Waals surface area contributed by atoms with Gasteiger partial charge in [-0.05, 0) is 89.3 Å². The molecule has 77 heavy (non-hydrogen) atoms. The molecule has 1 radical (unpaired) electrons. The molecule has 4 heterocycles. The molecule has 0 atom stereocenters. The molecular weight excluding hydrogens is 1120 g/mol. The largest absolute Gasteiger partial charge is 0.307 e. The summed E-state index contributed by atoms with van der Waals surface area (Å²) in [7, 11) is 0. The summed E-state index contributed by atoms with van der Waals surface area (Å²) < 4.78 is 4.67. The fraction of sp³-hybridized carbons (Fsp3) is 0.0286. The number of aromatic nitrogens is 6. The third-order valence-electron chi connectivity index (χ3n) is 14.2. The van der Waals surface area contributed by atoms with Crippen molar-refractivity contribution < 1.29 is 20.1 Å². The molecule has 14 rings (SSSR count). The van der Waals surface area contributed by atoms with E-state index in [1.54, 1.807) is 0 Å². The second kappa shape index (κ2) is 21.1. The molecule has 7 heteroatoms. The molecule has 0 aliphatic rings. The third-order valence-corrected chi connectivity index (χ3v) is 14.2. The standard InChI is InChI=1S/C51H33N5.C19H16N.Ir/c1-4-16-34(17-5-1)37-22-14-23-38(32-37)39-24-15-25-40(33-39)55-45-28-12-10-26-41(45)43-30-31-44-42-27-11-13-29-46(42)56(48(44)47(43)55)51-53-49(35-18-6-2-7-19-35)52-50(54-51)36-20-8-3-9-21-36;1-14-9-10-15(2)18(12-14)16-6-5-7-17(13-16)19-8-3-4-11-20-19;/h1-33H;3-6,8-13H,1-2H3;/q;-1;. The van der Waals surface area contributed by atoms with Gasteiger partial charge in [0, 0.05) is 64.7 Å². The van der Waals surface area contributed by atoms with E-state index in [0.717, 1.165) is 71.9 Å². The van der Waals surface area contributed by atoms with E-state index in [-0.39, 0.29) is 20.1 Å². The van der Waals surface area contributed by atoms with Gasteiger partial charge in [0.25, 0.3) is 0 Å². The Morgan fingerprint density at radius 2 is 0.909 bits per heavy atom. The summed E-state index contributed by atoms with van der Waals surface area (Å²) in [6, 6.07) is 92.4. The van der Waals surface area contributed by atoms with Crippen LogP contribution in [0.1, 0.15) is 11.1 Å². The zero-order valence-electron chi connectivity index (χ0n) is 42.3. The molecule has 0 saturated carbocycles. The molecule has 0 spiro atoms. The summed E-state index contributed by atoms with van der Waals surface area (Å²) in [4.78, 5) is 19.9. The van der Waals surface area contributed by atoms with Gasteiger partial charge in [0.05, 0.1) is 22.1 Å². The van der Waals surface area contributed by atoms with Crippen molar-refractivity contribution in [3.63, 3.8) is 0 Å². The van der Waals surface area contributed by atoms with Gasteiger partial charge in [-0.1, -0.05) is 206 Å². The Morgan fingerprint density at radius 3 is 1.55 bits per heavy atom. The van der Waals surface area contributed by atoms with Gasteiger partial charge < -0.3 is 9.55 Å². The maximum absolute atomic E-state index is 5.25. The first kappa shape index (κ1) is 48.5. The Kier molecular flexibility index (Phi) is 13.3. The smallest absolute Gasteiger partial charge is 0.238 e. The number of pyridine rings is 1. The van der Waals surface area contributed by atoms with Crippen molar-refractivity contribution in [2.24, 2.45) is 0 Å². The minimum atomic E-state index is 0. The molecule has 0 aliphatic heterocycles. The maximum atomic E-state index is 5.25. The van der Waals surface area contributed by atoms with Crippen molar-refractivity contribution in [1.29, 1.82) is 0 Å². The second-order valence-corrected chi connectivity index (χ2v) is 19.1. The second-order valence-electron chi connectivity index (χ2n) is 19.1. The monoisotopic (exact) mass is 1170 g/mol. The summed E-state index contributed by atoms with van der Waals surface area (Å²) in [5.74, 6) is 1.82. The Balaban J connectivity index is 0.000000239. The van der Waals surface area contributed by atoms with Crippen LogP contribution in [0.4, 0.5) is 0 Å². The van der Waals surface area contributed by atoms with Crippen LogP contribution in [0.25, 0.3) is 123 Å². The van der Waals surface area contributed by atoms with E-state index in [1.165, 1.54) is 44.3 Å². The van der Waals surface area contributed by atoms with E-state index in [4.69, 9.17) is 15.0 Å². The van der Waals surface area contributed by atoms with Crippen molar-refractivity contribution in [1.82, 2.24) is 29.1 Å². The summed E-state index contributed by atoms with van der Waals surface area (Å²) in [6.45, 7) is 4.27. The average molecular weight is 1170 g/mol. The van der Waals surface area contributed by atoms with Gasteiger partial charge in [-0.3, -0.25) is 4.57 Å². The number of para-hydroxylation sites is 2. The Hall–Kier alpha value is -9.39. The van der Waals surface area contributed by atoms with E-state index in [9.17, 15) is 0 Å². The first-order valence-electron chi connectivity index (χ1n) is 25.6. The molecule has 0 saturated heterocycles. The van der Waals surface area contributed by atoms with E-state index >= 15 is 0 Å². The van der Waals surface area contributed by atoms with E-state index in [1.807, 2.05) is 66.9 Å². The SMILES string of the molecule is Cc1ccc(C)c(-c2cc[c-]c(-c3ccccn3)c2)c1.[Ir].c1ccc(-c2cccc(-c3cccc(-n4c5ccccc5c5ccc6c7ccccc7n(-c7nc(-c8ccccc8)nc(-c8ccccc8)n7)c6c54)c3)c2)cc1. The van der Waals surface area contributed by atoms with Crippen LogP contribution >= 0.6 is 0 Å². The number of rotatable bonds is 8. The number of fused-ring (bicyclic) bond motifs is 7. The molecule has 0 unspecified atom stereocenters. The van der Waals surface area contributed by atoms with Gasteiger partial charge in [-0.2, -0.15) is 9.97 Å². The summed E-state index contributed by atoms with van der Waals surface area (Å²) in [6.07, 6.45) is 1.81. The van der Waals surface area contributed by atoms with Crippen LogP contribution in [0, 0.1) is 19.9 Å². The first-order valence-corrected chi connectivity index (χ1v) is 25.6. The fourth-order valence-electron chi connectivity index (χ4n) is 10.6. The van der Waals surface area contributed by atoms with Crippen molar-refractivity contribution in [2.75, 3.05) is 0 Å². The quantitative estimate of drug-likeness (QED) is 0.142. The van der Waals surface area contributed by atoms with E-state index in [0.29, 0.717) is 17.6 Å². The Labute approximate surface area is 461 Å². The molecule has 0 N–H and O–H groups in total. The topological polar surface area (TPSA) is 61.4 Å². The number of aryl methyl sites for hydroxylation is 2.